The summed E-state index contributed by atoms with van der Waals surface area (Å²) in [5.41, 5.74) is 8.52. The van der Waals surface area contributed by atoms with Crippen LogP contribution in [0.3, 0.4) is 0 Å². The molecule has 0 radical (unpaired) electrons. The number of aromatic nitrogens is 5. The van der Waals surface area contributed by atoms with Crippen molar-refractivity contribution in [3.63, 3.8) is 0 Å². The van der Waals surface area contributed by atoms with Crippen molar-refractivity contribution < 1.29 is 4.79 Å². The van der Waals surface area contributed by atoms with E-state index in [0.29, 0.717) is 17.7 Å². The molecule has 9 nitrogen and oxygen atoms in total. The molecule has 9 heteroatoms. The normalized spacial score (nSPS) is 11.5. The first kappa shape index (κ1) is 20.3. The van der Waals surface area contributed by atoms with Gasteiger partial charge in [0.1, 0.15) is 5.82 Å². The number of hydrogen-bond donors (Lipinski definition) is 3. The number of para-hydroxylation sites is 2. The number of hydrogen-bond acceptors (Lipinski definition) is 7. The van der Waals surface area contributed by atoms with Gasteiger partial charge in [0, 0.05) is 16.8 Å². The van der Waals surface area contributed by atoms with Crippen LogP contribution in [-0.2, 0) is 4.79 Å². The number of amides is 1. The number of nitrogens with one attached hydrogen (secondary N) is 2. The standard InChI is InChI=1S/C22H24N8O/c1-13-24-19(23)29-20(25-13)30-17-8-6-5-7-16(17)28-21(30)27-15-11-9-14(10-12-15)26-18(31)22(2,3)4/h5-12H,1-4H3,(H,26,31)(H,27,28)(H2,23,24,25,29). The molecule has 0 spiro atoms. The lowest BCUT2D eigenvalue weighted by Crippen LogP contribution is -2.27. The van der Waals surface area contributed by atoms with Crippen LogP contribution in [0.4, 0.5) is 23.3 Å². The smallest absolute Gasteiger partial charge is 0.242 e. The number of fused-ring (bicyclic) bond motifs is 1. The van der Waals surface area contributed by atoms with E-state index in [2.05, 4.69) is 30.6 Å². The van der Waals surface area contributed by atoms with Gasteiger partial charge in [-0.25, -0.2) is 9.55 Å². The van der Waals surface area contributed by atoms with Crippen LogP contribution in [0, 0.1) is 12.3 Å². The maximum atomic E-state index is 12.2. The first-order chi connectivity index (χ1) is 14.7. The quantitative estimate of drug-likeness (QED) is 0.462. The zero-order valence-corrected chi connectivity index (χ0v) is 17.8. The van der Waals surface area contributed by atoms with E-state index in [0.717, 1.165) is 22.4 Å². The number of nitrogens with zero attached hydrogens (tertiary/aromatic N) is 5. The number of carbonyl (C=O) groups is 1. The van der Waals surface area contributed by atoms with Gasteiger partial charge >= 0.3 is 0 Å². The molecule has 31 heavy (non-hydrogen) atoms. The Morgan fingerprint density at radius 3 is 2.29 bits per heavy atom. The van der Waals surface area contributed by atoms with E-state index < -0.39 is 5.41 Å². The van der Waals surface area contributed by atoms with E-state index in [-0.39, 0.29) is 11.9 Å². The Morgan fingerprint density at radius 2 is 1.61 bits per heavy atom. The summed E-state index contributed by atoms with van der Waals surface area (Å²) in [5.74, 6) is 1.54. The number of rotatable bonds is 4. The van der Waals surface area contributed by atoms with Crippen LogP contribution in [0.25, 0.3) is 17.0 Å². The molecule has 4 N–H and O–H groups in total. The molecule has 2 aromatic heterocycles. The number of nitrogen functional groups attached to an aromatic ring is 1. The molecule has 0 bridgehead atoms. The number of aryl methyl sites for hydroxylation is 1. The van der Waals surface area contributed by atoms with E-state index in [9.17, 15) is 4.79 Å². The molecule has 1 amide bonds. The van der Waals surface area contributed by atoms with Gasteiger partial charge in [-0.1, -0.05) is 32.9 Å². The predicted molar refractivity (Wildman–Crippen MR) is 121 cm³/mol. The van der Waals surface area contributed by atoms with Crippen LogP contribution in [-0.4, -0.2) is 30.4 Å². The molecule has 0 atom stereocenters. The van der Waals surface area contributed by atoms with Gasteiger partial charge in [0.25, 0.3) is 0 Å². The number of benzene rings is 2. The summed E-state index contributed by atoms with van der Waals surface area (Å²) in [6.45, 7) is 7.38. The largest absolute Gasteiger partial charge is 0.368 e. The number of anilines is 4. The molecule has 4 aromatic rings. The summed E-state index contributed by atoms with van der Waals surface area (Å²) in [6, 6.07) is 15.1. The molecule has 4 rings (SSSR count). The third kappa shape index (κ3) is 4.30. The molecule has 0 fully saturated rings. The van der Waals surface area contributed by atoms with Gasteiger partial charge in [-0.3, -0.25) is 4.79 Å². The van der Waals surface area contributed by atoms with Gasteiger partial charge in [0.2, 0.25) is 23.8 Å². The van der Waals surface area contributed by atoms with Crippen LogP contribution in [0.2, 0.25) is 0 Å². The van der Waals surface area contributed by atoms with Crippen LogP contribution in [0.15, 0.2) is 48.5 Å². The fourth-order valence-corrected chi connectivity index (χ4v) is 2.98. The Bertz CT molecular complexity index is 1230. The van der Waals surface area contributed by atoms with Crippen molar-refractivity contribution in [2.45, 2.75) is 27.7 Å². The first-order valence-electron chi connectivity index (χ1n) is 9.85. The van der Waals surface area contributed by atoms with Crippen LogP contribution in [0.5, 0.6) is 0 Å². The van der Waals surface area contributed by atoms with Crippen LogP contribution < -0.4 is 16.4 Å². The molecule has 0 saturated heterocycles. The summed E-state index contributed by atoms with van der Waals surface area (Å²) >= 11 is 0. The summed E-state index contributed by atoms with van der Waals surface area (Å²) in [5, 5.41) is 6.22. The molecule has 2 heterocycles. The van der Waals surface area contributed by atoms with E-state index in [1.165, 1.54) is 0 Å². The predicted octanol–water partition coefficient (Wildman–Crippen LogP) is 3.83. The summed E-state index contributed by atoms with van der Waals surface area (Å²) in [4.78, 5) is 29.7. The van der Waals surface area contributed by atoms with Crippen molar-refractivity contribution in [2.24, 2.45) is 5.41 Å². The third-order valence-electron chi connectivity index (χ3n) is 4.59. The topological polar surface area (TPSA) is 124 Å². The van der Waals surface area contributed by atoms with Crippen molar-refractivity contribution in [2.75, 3.05) is 16.4 Å². The van der Waals surface area contributed by atoms with Gasteiger partial charge in [-0.2, -0.15) is 15.0 Å². The SMILES string of the molecule is Cc1nc(N)nc(-n2c(Nc3ccc(NC(=O)C(C)(C)C)cc3)nc3ccccc32)n1. The maximum Gasteiger partial charge on any atom is 0.242 e. The summed E-state index contributed by atoms with van der Waals surface area (Å²) in [7, 11) is 0. The van der Waals surface area contributed by atoms with E-state index in [4.69, 9.17) is 5.73 Å². The lowest BCUT2D eigenvalue weighted by Gasteiger charge is -2.17. The Balaban J connectivity index is 1.68. The minimum atomic E-state index is -0.466. The fraction of sp³-hybridized carbons (Fsp3) is 0.227. The average molecular weight is 416 g/mol. The molecule has 158 valence electrons. The monoisotopic (exact) mass is 416 g/mol. The van der Waals surface area contributed by atoms with E-state index in [1.54, 1.807) is 11.5 Å². The molecule has 0 aliphatic carbocycles. The Kier molecular flexibility index (Phi) is 5.02. The molecule has 2 aromatic carbocycles. The van der Waals surface area contributed by atoms with Crippen molar-refractivity contribution >= 4 is 40.2 Å². The Labute approximate surface area is 179 Å². The van der Waals surface area contributed by atoms with Crippen molar-refractivity contribution in [3.05, 3.63) is 54.4 Å². The summed E-state index contributed by atoms with van der Waals surface area (Å²) in [6.07, 6.45) is 0. The minimum absolute atomic E-state index is 0.0437. The van der Waals surface area contributed by atoms with Crippen LogP contribution >= 0.6 is 0 Å². The lowest BCUT2D eigenvalue weighted by molar-refractivity contribution is -0.123. The van der Waals surface area contributed by atoms with Gasteiger partial charge < -0.3 is 16.4 Å². The summed E-state index contributed by atoms with van der Waals surface area (Å²) < 4.78 is 1.80. The lowest BCUT2D eigenvalue weighted by atomic mass is 9.95. The van der Waals surface area contributed by atoms with Gasteiger partial charge in [0.05, 0.1) is 11.0 Å². The Morgan fingerprint density at radius 1 is 0.935 bits per heavy atom. The molecule has 0 unspecified atom stereocenters. The number of carbonyl (C=O) groups excluding carboxylic acids is 1. The van der Waals surface area contributed by atoms with Crippen molar-refractivity contribution in [1.29, 1.82) is 0 Å². The average Bonchev–Trinajstić information content (AvgIpc) is 3.05. The second kappa shape index (κ2) is 7.67. The fourth-order valence-electron chi connectivity index (χ4n) is 2.98. The minimum Gasteiger partial charge on any atom is -0.368 e. The van der Waals surface area contributed by atoms with Gasteiger partial charge in [-0.05, 0) is 43.3 Å². The Hall–Kier alpha value is -4.01. The highest BCUT2D eigenvalue weighted by Crippen LogP contribution is 2.26. The highest BCUT2D eigenvalue weighted by Gasteiger charge is 2.21. The second-order valence-corrected chi connectivity index (χ2v) is 8.21. The molecular weight excluding hydrogens is 392 g/mol. The first-order valence-corrected chi connectivity index (χ1v) is 9.85. The zero-order valence-electron chi connectivity index (χ0n) is 17.8. The van der Waals surface area contributed by atoms with Gasteiger partial charge in [0.15, 0.2) is 0 Å². The van der Waals surface area contributed by atoms with E-state index >= 15 is 0 Å². The van der Waals surface area contributed by atoms with Crippen LogP contribution in [0.1, 0.15) is 26.6 Å². The highest BCUT2D eigenvalue weighted by molar-refractivity contribution is 5.94. The molecular formula is C22H24N8O. The molecule has 0 aliphatic heterocycles. The second-order valence-electron chi connectivity index (χ2n) is 8.21. The maximum absolute atomic E-state index is 12.2. The van der Waals surface area contributed by atoms with Gasteiger partial charge in [-0.15, -0.1) is 0 Å². The number of nitrogens with two attached hydrogens (primary N) is 1. The molecule has 0 saturated carbocycles. The zero-order chi connectivity index (χ0) is 22.2. The third-order valence-corrected chi connectivity index (χ3v) is 4.59. The highest BCUT2D eigenvalue weighted by atomic mass is 16.2. The molecule has 0 aliphatic rings. The van der Waals surface area contributed by atoms with Crippen molar-refractivity contribution in [3.8, 4) is 5.95 Å². The van der Waals surface area contributed by atoms with E-state index in [1.807, 2.05) is 69.3 Å². The number of imidazole rings is 1. The van der Waals surface area contributed by atoms with Crippen molar-refractivity contribution in [1.82, 2.24) is 24.5 Å².